The predicted octanol–water partition coefficient (Wildman–Crippen LogP) is 0.989. The highest BCUT2D eigenvalue weighted by atomic mass is 16.5. The summed E-state index contributed by atoms with van der Waals surface area (Å²) < 4.78 is 4.94. The van der Waals surface area contributed by atoms with E-state index in [-0.39, 0.29) is 0 Å². The Morgan fingerprint density at radius 2 is 2.36 bits per heavy atom. The van der Waals surface area contributed by atoms with Gasteiger partial charge in [0.05, 0.1) is 0 Å². The van der Waals surface area contributed by atoms with Crippen LogP contribution in [0.4, 0.5) is 5.82 Å². The first kappa shape index (κ1) is 10.9. The molecular weight excluding hydrogens is 178 g/mol. The van der Waals surface area contributed by atoms with E-state index in [9.17, 15) is 0 Å². The average Bonchev–Trinajstić information content (AvgIpc) is 2.25. The molecule has 0 aromatic carbocycles. The number of aromatic nitrogens is 1. The van der Waals surface area contributed by atoms with Gasteiger partial charge in [-0.25, -0.2) is 4.98 Å². The molecule has 1 heterocycles. The molecule has 0 bridgehead atoms. The fraction of sp³-hybridized carbons (Fsp3) is 0.500. The molecular formula is C10H17N3O. The summed E-state index contributed by atoms with van der Waals surface area (Å²) in [7, 11) is 1.70. The lowest BCUT2D eigenvalue weighted by Crippen LogP contribution is -2.06. The van der Waals surface area contributed by atoms with Crippen molar-refractivity contribution < 1.29 is 4.74 Å². The van der Waals surface area contributed by atoms with Crippen molar-refractivity contribution in [2.24, 2.45) is 5.73 Å². The largest absolute Gasteiger partial charge is 0.385 e. The third-order valence-corrected chi connectivity index (χ3v) is 1.89. The molecule has 1 rings (SSSR count). The van der Waals surface area contributed by atoms with Crippen molar-refractivity contribution >= 4 is 5.82 Å². The predicted molar refractivity (Wildman–Crippen MR) is 57.1 cm³/mol. The second kappa shape index (κ2) is 6.34. The lowest BCUT2D eigenvalue weighted by atomic mass is 10.3. The third-order valence-electron chi connectivity index (χ3n) is 1.89. The van der Waals surface area contributed by atoms with Crippen LogP contribution in [-0.4, -0.2) is 25.2 Å². The zero-order valence-electron chi connectivity index (χ0n) is 8.49. The van der Waals surface area contributed by atoms with Crippen LogP contribution >= 0.6 is 0 Å². The number of nitrogens with zero attached hydrogens (tertiary/aromatic N) is 1. The van der Waals surface area contributed by atoms with E-state index < -0.39 is 0 Å². The summed E-state index contributed by atoms with van der Waals surface area (Å²) in [4.78, 5) is 4.22. The van der Waals surface area contributed by atoms with Gasteiger partial charge in [0.15, 0.2) is 0 Å². The van der Waals surface area contributed by atoms with Gasteiger partial charge in [-0.15, -0.1) is 0 Å². The second-order valence-corrected chi connectivity index (χ2v) is 3.03. The number of rotatable bonds is 6. The molecule has 0 saturated carbocycles. The van der Waals surface area contributed by atoms with Crippen LogP contribution in [0.2, 0.25) is 0 Å². The zero-order valence-corrected chi connectivity index (χ0v) is 8.49. The Balaban J connectivity index is 2.29. The first-order chi connectivity index (χ1) is 6.86. The molecule has 4 nitrogen and oxygen atoms in total. The van der Waals surface area contributed by atoms with Crippen molar-refractivity contribution in [2.75, 3.05) is 25.6 Å². The third kappa shape index (κ3) is 3.72. The molecule has 0 aliphatic carbocycles. The van der Waals surface area contributed by atoms with Gasteiger partial charge in [0.25, 0.3) is 0 Å². The minimum Gasteiger partial charge on any atom is -0.385 e. The van der Waals surface area contributed by atoms with Gasteiger partial charge in [-0.1, -0.05) is 6.07 Å². The first-order valence-corrected chi connectivity index (χ1v) is 4.74. The maximum Gasteiger partial charge on any atom is 0.125 e. The molecule has 0 aliphatic rings. The van der Waals surface area contributed by atoms with Crippen molar-refractivity contribution in [1.82, 2.24) is 4.98 Å². The highest BCUT2D eigenvalue weighted by Crippen LogP contribution is 2.03. The van der Waals surface area contributed by atoms with E-state index >= 15 is 0 Å². The Morgan fingerprint density at radius 3 is 2.93 bits per heavy atom. The Hall–Kier alpha value is -1.13. The van der Waals surface area contributed by atoms with Crippen molar-refractivity contribution in [3.05, 3.63) is 23.9 Å². The molecule has 4 heteroatoms. The van der Waals surface area contributed by atoms with E-state index in [0.717, 1.165) is 31.0 Å². The van der Waals surface area contributed by atoms with E-state index in [1.807, 2.05) is 12.1 Å². The normalized spacial score (nSPS) is 10.1. The molecule has 3 N–H and O–H groups in total. The maximum atomic E-state index is 5.46. The Kier molecular flexibility index (Phi) is 4.96. The highest BCUT2D eigenvalue weighted by molar-refractivity contribution is 5.35. The minimum atomic E-state index is 0.539. The van der Waals surface area contributed by atoms with Gasteiger partial charge in [0.2, 0.25) is 0 Å². The van der Waals surface area contributed by atoms with Crippen LogP contribution < -0.4 is 11.1 Å². The molecule has 0 amide bonds. The Morgan fingerprint density at radius 1 is 1.50 bits per heavy atom. The van der Waals surface area contributed by atoms with Crippen LogP contribution in [0.1, 0.15) is 12.0 Å². The van der Waals surface area contributed by atoms with Crippen LogP contribution in [0.25, 0.3) is 0 Å². The van der Waals surface area contributed by atoms with Crippen LogP contribution in [0, 0.1) is 0 Å². The molecule has 0 spiro atoms. The molecule has 0 unspecified atom stereocenters. The summed E-state index contributed by atoms with van der Waals surface area (Å²) in [6, 6.07) is 3.92. The Bertz CT molecular complexity index is 248. The number of pyridine rings is 1. The summed E-state index contributed by atoms with van der Waals surface area (Å²) in [5, 5.41) is 3.20. The molecule has 0 atom stereocenters. The van der Waals surface area contributed by atoms with Gasteiger partial charge in [0.1, 0.15) is 5.82 Å². The van der Waals surface area contributed by atoms with Crippen molar-refractivity contribution in [1.29, 1.82) is 0 Å². The monoisotopic (exact) mass is 195 g/mol. The summed E-state index contributed by atoms with van der Waals surface area (Å²) in [6.45, 7) is 2.19. The SMILES string of the molecule is COCCCNc1ccc(CN)cn1. The van der Waals surface area contributed by atoms with E-state index in [4.69, 9.17) is 10.5 Å². The fourth-order valence-electron chi connectivity index (χ4n) is 1.08. The van der Waals surface area contributed by atoms with E-state index in [1.54, 1.807) is 13.3 Å². The first-order valence-electron chi connectivity index (χ1n) is 4.74. The van der Waals surface area contributed by atoms with Gasteiger partial charge >= 0.3 is 0 Å². The zero-order chi connectivity index (χ0) is 10.2. The van der Waals surface area contributed by atoms with Gasteiger partial charge in [-0.2, -0.15) is 0 Å². The van der Waals surface area contributed by atoms with E-state index in [0.29, 0.717) is 6.54 Å². The average molecular weight is 195 g/mol. The second-order valence-electron chi connectivity index (χ2n) is 3.03. The quantitative estimate of drug-likeness (QED) is 0.664. The minimum absolute atomic E-state index is 0.539. The van der Waals surface area contributed by atoms with Crippen molar-refractivity contribution in [3.8, 4) is 0 Å². The van der Waals surface area contributed by atoms with Gasteiger partial charge in [-0.05, 0) is 18.1 Å². The molecule has 0 radical (unpaired) electrons. The molecule has 14 heavy (non-hydrogen) atoms. The summed E-state index contributed by atoms with van der Waals surface area (Å²) in [5.41, 5.74) is 6.51. The smallest absolute Gasteiger partial charge is 0.125 e. The number of ether oxygens (including phenoxy) is 1. The number of hydrogen-bond acceptors (Lipinski definition) is 4. The lowest BCUT2D eigenvalue weighted by Gasteiger charge is -2.05. The number of nitrogens with two attached hydrogens (primary N) is 1. The summed E-state index contributed by atoms with van der Waals surface area (Å²) in [5.74, 6) is 0.887. The number of nitrogens with one attached hydrogen (secondary N) is 1. The van der Waals surface area contributed by atoms with Crippen LogP contribution in [0.5, 0.6) is 0 Å². The van der Waals surface area contributed by atoms with E-state index in [1.165, 1.54) is 0 Å². The van der Waals surface area contributed by atoms with Crippen molar-refractivity contribution in [3.63, 3.8) is 0 Å². The number of anilines is 1. The Labute approximate surface area is 84.5 Å². The molecule has 0 aliphatic heterocycles. The van der Waals surface area contributed by atoms with E-state index in [2.05, 4.69) is 10.3 Å². The van der Waals surface area contributed by atoms with Crippen molar-refractivity contribution in [2.45, 2.75) is 13.0 Å². The maximum absolute atomic E-state index is 5.46. The molecule has 1 aromatic rings. The highest BCUT2D eigenvalue weighted by Gasteiger charge is 1.93. The number of methoxy groups -OCH3 is 1. The molecule has 0 saturated heterocycles. The van der Waals surface area contributed by atoms with Gasteiger partial charge in [0, 0.05) is 33.0 Å². The van der Waals surface area contributed by atoms with Crippen LogP contribution in [0.15, 0.2) is 18.3 Å². The molecule has 1 aromatic heterocycles. The molecule has 0 fully saturated rings. The topological polar surface area (TPSA) is 60.2 Å². The van der Waals surface area contributed by atoms with Crippen LogP contribution in [0.3, 0.4) is 0 Å². The molecule has 78 valence electrons. The van der Waals surface area contributed by atoms with Gasteiger partial charge < -0.3 is 15.8 Å². The lowest BCUT2D eigenvalue weighted by molar-refractivity contribution is 0.198. The summed E-state index contributed by atoms with van der Waals surface area (Å²) in [6.07, 6.45) is 2.77. The standard InChI is InChI=1S/C10H17N3O/c1-14-6-2-5-12-10-4-3-9(7-11)8-13-10/h3-4,8H,2,5-7,11H2,1H3,(H,12,13). The number of hydrogen-bond donors (Lipinski definition) is 2. The van der Waals surface area contributed by atoms with Crippen LogP contribution in [-0.2, 0) is 11.3 Å². The fourth-order valence-corrected chi connectivity index (χ4v) is 1.08. The van der Waals surface area contributed by atoms with Gasteiger partial charge in [-0.3, -0.25) is 0 Å². The summed E-state index contributed by atoms with van der Waals surface area (Å²) >= 11 is 0.